The SMILES string of the molecule is O=C(NN=Cc1cc2c(cc1[N+](=O)[O-])OCO2)c1ccco1. The lowest BCUT2D eigenvalue weighted by molar-refractivity contribution is -0.385. The Kier molecular flexibility index (Phi) is 3.44. The number of furan rings is 1. The Bertz CT molecular complexity index is 753. The molecule has 1 amide bonds. The zero-order valence-electron chi connectivity index (χ0n) is 11.0. The van der Waals surface area contributed by atoms with E-state index in [1.54, 1.807) is 6.07 Å². The maximum absolute atomic E-state index is 11.6. The molecule has 1 aromatic heterocycles. The van der Waals surface area contributed by atoms with E-state index in [0.29, 0.717) is 11.5 Å². The number of hydrazone groups is 1. The van der Waals surface area contributed by atoms with Gasteiger partial charge < -0.3 is 13.9 Å². The highest BCUT2D eigenvalue weighted by Gasteiger charge is 2.22. The molecule has 2 heterocycles. The number of carbonyl (C=O) groups is 1. The van der Waals surface area contributed by atoms with Gasteiger partial charge in [-0.1, -0.05) is 0 Å². The molecule has 1 aliphatic rings. The van der Waals surface area contributed by atoms with Gasteiger partial charge in [0.1, 0.15) is 0 Å². The highest BCUT2D eigenvalue weighted by molar-refractivity contribution is 5.93. The molecule has 9 heteroatoms. The lowest BCUT2D eigenvalue weighted by Gasteiger charge is -2.00. The van der Waals surface area contributed by atoms with E-state index in [1.165, 1.54) is 24.5 Å². The number of nitro groups is 1. The first-order chi connectivity index (χ1) is 10.6. The number of nitrogens with one attached hydrogen (secondary N) is 1. The minimum atomic E-state index is -0.572. The van der Waals surface area contributed by atoms with Crippen molar-refractivity contribution in [2.45, 2.75) is 0 Å². The van der Waals surface area contributed by atoms with Crippen LogP contribution in [-0.2, 0) is 0 Å². The van der Waals surface area contributed by atoms with Crippen LogP contribution >= 0.6 is 0 Å². The Morgan fingerprint density at radius 2 is 2.14 bits per heavy atom. The molecular weight excluding hydrogens is 294 g/mol. The molecule has 0 saturated carbocycles. The van der Waals surface area contributed by atoms with Crippen molar-refractivity contribution in [1.82, 2.24) is 5.43 Å². The van der Waals surface area contributed by atoms with Gasteiger partial charge in [0.25, 0.3) is 5.69 Å². The monoisotopic (exact) mass is 303 g/mol. The molecule has 112 valence electrons. The Morgan fingerprint density at radius 1 is 1.36 bits per heavy atom. The van der Waals surface area contributed by atoms with E-state index >= 15 is 0 Å². The highest BCUT2D eigenvalue weighted by atomic mass is 16.7. The molecule has 1 aromatic carbocycles. The summed E-state index contributed by atoms with van der Waals surface area (Å²) in [6.45, 7) is 0.00229. The van der Waals surface area contributed by atoms with Crippen molar-refractivity contribution >= 4 is 17.8 Å². The van der Waals surface area contributed by atoms with Crippen molar-refractivity contribution in [2.75, 3.05) is 6.79 Å². The Labute approximate surface area is 123 Å². The molecular formula is C13H9N3O6. The van der Waals surface area contributed by atoms with Crippen molar-refractivity contribution in [3.63, 3.8) is 0 Å². The number of hydrogen-bond acceptors (Lipinski definition) is 7. The van der Waals surface area contributed by atoms with Crippen LogP contribution in [0.4, 0.5) is 5.69 Å². The Balaban J connectivity index is 1.81. The van der Waals surface area contributed by atoms with Crippen LogP contribution in [0.3, 0.4) is 0 Å². The molecule has 1 aliphatic heterocycles. The van der Waals surface area contributed by atoms with Crippen molar-refractivity contribution in [3.8, 4) is 11.5 Å². The minimum absolute atomic E-state index is 0.00229. The second kappa shape index (κ2) is 5.56. The first-order valence-electron chi connectivity index (χ1n) is 6.10. The number of nitro benzene ring substituents is 1. The molecule has 0 bridgehead atoms. The van der Waals surface area contributed by atoms with Gasteiger partial charge in [0.15, 0.2) is 17.3 Å². The summed E-state index contributed by atoms with van der Waals surface area (Å²) in [5.41, 5.74) is 2.18. The summed E-state index contributed by atoms with van der Waals surface area (Å²) in [6, 6.07) is 5.69. The van der Waals surface area contributed by atoms with Crippen LogP contribution in [0.25, 0.3) is 0 Å². The van der Waals surface area contributed by atoms with Gasteiger partial charge in [-0.2, -0.15) is 5.10 Å². The number of rotatable bonds is 4. The van der Waals surface area contributed by atoms with Crippen molar-refractivity contribution in [1.29, 1.82) is 0 Å². The van der Waals surface area contributed by atoms with E-state index in [4.69, 9.17) is 13.9 Å². The molecule has 22 heavy (non-hydrogen) atoms. The summed E-state index contributed by atoms with van der Waals surface area (Å²) < 4.78 is 15.1. The smallest absolute Gasteiger partial charge is 0.307 e. The van der Waals surface area contributed by atoms with Crippen LogP contribution in [0.5, 0.6) is 11.5 Å². The number of amides is 1. The van der Waals surface area contributed by atoms with Gasteiger partial charge in [0, 0.05) is 0 Å². The number of fused-ring (bicyclic) bond motifs is 1. The van der Waals surface area contributed by atoms with Gasteiger partial charge in [-0.05, 0) is 18.2 Å². The highest BCUT2D eigenvalue weighted by Crippen LogP contribution is 2.37. The zero-order chi connectivity index (χ0) is 15.5. The molecule has 2 aromatic rings. The van der Waals surface area contributed by atoms with Gasteiger partial charge in [0.2, 0.25) is 6.79 Å². The first kappa shape index (κ1) is 13.6. The largest absolute Gasteiger partial charge is 0.459 e. The average Bonchev–Trinajstić information content (AvgIpc) is 3.17. The Hall–Kier alpha value is -3.36. The van der Waals surface area contributed by atoms with E-state index < -0.39 is 10.8 Å². The fraction of sp³-hybridized carbons (Fsp3) is 0.0769. The van der Waals surface area contributed by atoms with E-state index in [9.17, 15) is 14.9 Å². The molecule has 9 nitrogen and oxygen atoms in total. The first-order valence-corrected chi connectivity index (χ1v) is 6.10. The van der Waals surface area contributed by atoms with E-state index in [0.717, 1.165) is 6.21 Å². The summed E-state index contributed by atoms with van der Waals surface area (Å²) in [7, 11) is 0. The standard InChI is InChI=1S/C13H9N3O6/c17-13(10-2-1-3-20-10)15-14-6-8-4-11-12(22-7-21-11)5-9(8)16(18)19/h1-6H,7H2,(H,15,17). The van der Waals surface area contributed by atoms with Crippen molar-refractivity contribution in [2.24, 2.45) is 5.10 Å². The molecule has 0 unspecified atom stereocenters. The van der Waals surface area contributed by atoms with E-state index in [1.807, 2.05) is 0 Å². The zero-order valence-corrected chi connectivity index (χ0v) is 11.0. The van der Waals surface area contributed by atoms with Crippen LogP contribution < -0.4 is 14.9 Å². The molecule has 0 spiro atoms. The average molecular weight is 303 g/mol. The fourth-order valence-corrected chi connectivity index (χ4v) is 1.83. The van der Waals surface area contributed by atoms with E-state index in [2.05, 4.69) is 10.5 Å². The maximum atomic E-state index is 11.6. The van der Waals surface area contributed by atoms with Gasteiger partial charge >= 0.3 is 5.91 Å². The maximum Gasteiger partial charge on any atom is 0.307 e. The third-order valence-corrected chi connectivity index (χ3v) is 2.83. The molecule has 0 fully saturated rings. The number of benzene rings is 1. The molecule has 0 aliphatic carbocycles. The van der Waals surface area contributed by atoms with Crippen LogP contribution in [-0.4, -0.2) is 23.8 Å². The lowest BCUT2D eigenvalue weighted by atomic mass is 10.1. The normalized spacial score (nSPS) is 12.5. The van der Waals surface area contributed by atoms with Gasteiger partial charge in [-0.3, -0.25) is 14.9 Å². The van der Waals surface area contributed by atoms with Crippen molar-refractivity contribution < 1.29 is 23.6 Å². The number of hydrogen-bond donors (Lipinski definition) is 1. The molecule has 1 N–H and O–H groups in total. The second-order valence-corrected chi connectivity index (χ2v) is 4.20. The third-order valence-electron chi connectivity index (χ3n) is 2.83. The topological polar surface area (TPSA) is 116 Å². The molecule has 0 radical (unpaired) electrons. The number of nitrogens with zero attached hydrogens (tertiary/aromatic N) is 2. The number of carbonyl (C=O) groups excluding carboxylic acids is 1. The lowest BCUT2D eigenvalue weighted by Crippen LogP contribution is -2.16. The van der Waals surface area contributed by atoms with Crippen LogP contribution in [0.2, 0.25) is 0 Å². The third kappa shape index (κ3) is 2.59. The summed E-state index contributed by atoms with van der Waals surface area (Å²) >= 11 is 0. The van der Waals surface area contributed by atoms with Crippen LogP contribution in [0.15, 0.2) is 40.0 Å². The second-order valence-electron chi connectivity index (χ2n) is 4.20. The number of ether oxygens (including phenoxy) is 2. The molecule has 0 atom stereocenters. The predicted molar refractivity (Wildman–Crippen MR) is 73.0 cm³/mol. The van der Waals surface area contributed by atoms with Crippen LogP contribution in [0.1, 0.15) is 16.1 Å². The summed E-state index contributed by atoms with van der Waals surface area (Å²) in [6.07, 6.45) is 2.50. The quantitative estimate of drug-likeness (QED) is 0.522. The summed E-state index contributed by atoms with van der Waals surface area (Å²) in [5.74, 6) is 0.190. The summed E-state index contributed by atoms with van der Waals surface area (Å²) in [5, 5.41) is 14.7. The molecule has 0 saturated heterocycles. The van der Waals surface area contributed by atoms with Gasteiger partial charge in [-0.25, -0.2) is 5.43 Å². The fourth-order valence-electron chi connectivity index (χ4n) is 1.83. The minimum Gasteiger partial charge on any atom is -0.459 e. The van der Waals surface area contributed by atoms with Crippen LogP contribution in [0, 0.1) is 10.1 Å². The van der Waals surface area contributed by atoms with Crippen molar-refractivity contribution in [3.05, 3.63) is 52.0 Å². The summed E-state index contributed by atoms with van der Waals surface area (Å²) in [4.78, 5) is 22.1. The van der Waals surface area contributed by atoms with E-state index in [-0.39, 0.29) is 23.8 Å². The Morgan fingerprint density at radius 3 is 2.82 bits per heavy atom. The molecule has 3 rings (SSSR count). The van der Waals surface area contributed by atoms with Gasteiger partial charge in [-0.15, -0.1) is 0 Å². The van der Waals surface area contributed by atoms with Gasteiger partial charge in [0.05, 0.1) is 29.0 Å². The predicted octanol–water partition coefficient (Wildman–Crippen LogP) is 1.68.